The monoisotopic (exact) mass is 419 g/mol. The third kappa shape index (κ3) is 3.80. The van der Waals surface area contributed by atoms with E-state index in [9.17, 15) is 4.79 Å². The minimum Gasteiger partial charge on any atom is -0.352 e. The van der Waals surface area contributed by atoms with E-state index in [1.54, 1.807) is 6.20 Å². The summed E-state index contributed by atoms with van der Waals surface area (Å²) >= 11 is 5.66. The minimum absolute atomic E-state index is 0.109. The Morgan fingerprint density at radius 1 is 1.17 bits per heavy atom. The standard InChI is InChI=1S/C23H25N5OS/c1-15-13-18(16(2)27(15)3)22-21(19-11-7-8-12-24-19)26-23(30)28(22)14-20(29)25-17-9-5-4-6-10-17/h4-13,21-22H,14H2,1-3H3,(H,25,29)(H,26,30). The third-order valence-corrected chi connectivity index (χ3v) is 6.05. The molecule has 1 amide bonds. The molecule has 30 heavy (non-hydrogen) atoms. The van der Waals surface area contributed by atoms with Crippen molar-refractivity contribution in [2.45, 2.75) is 25.9 Å². The molecular weight excluding hydrogens is 394 g/mol. The van der Waals surface area contributed by atoms with Crippen molar-refractivity contribution >= 4 is 28.9 Å². The van der Waals surface area contributed by atoms with E-state index in [0.29, 0.717) is 5.11 Å². The second-order valence-corrected chi connectivity index (χ2v) is 7.94. The lowest BCUT2D eigenvalue weighted by atomic mass is 9.97. The molecule has 7 heteroatoms. The van der Waals surface area contributed by atoms with Crippen LogP contribution >= 0.6 is 12.2 Å². The zero-order chi connectivity index (χ0) is 21.3. The average Bonchev–Trinajstić information content (AvgIpc) is 3.20. The number of rotatable bonds is 5. The Bertz CT molecular complexity index is 1060. The van der Waals surface area contributed by atoms with E-state index in [1.807, 2.05) is 53.4 Å². The predicted molar refractivity (Wildman–Crippen MR) is 122 cm³/mol. The molecule has 2 N–H and O–H groups in total. The van der Waals surface area contributed by atoms with Crippen LogP contribution in [0.25, 0.3) is 0 Å². The van der Waals surface area contributed by atoms with Gasteiger partial charge in [0.25, 0.3) is 0 Å². The number of anilines is 1. The van der Waals surface area contributed by atoms with Gasteiger partial charge >= 0.3 is 0 Å². The maximum Gasteiger partial charge on any atom is 0.244 e. The number of carbonyl (C=O) groups is 1. The van der Waals surface area contributed by atoms with Crippen LogP contribution in [0.15, 0.2) is 60.8 Å². The van der Waals surface area contributed by atoms with Gasteiger partial charge in [0.1, 0.15) is 6.54 Å². The number of amides is 1. The fourth-order valence-corrected chi connectivity index (χ4v) is 4.28. The molecule has 1 aliphatic heterocycles. The van der Waals surface area contributed by atoms with Crippen molar-refractivity contribution in [3.63, 3.8) is 0 Å². The smallest absolute Gasteiger partial charge is 0.244 e. The van der Waals surface area contributed by atoms with Crippen LogP contribution in [-0.2, 0) is 11.8 Å². The Labute approximate surface area is 181 Å². The van der Waals surface area contributed by atoms with Crippen LogP contribution in [0.5, 0.6) is 0 Å². The highest BCUT2D eigenvalue weighted by Gasteiger charge is 2.41. The number of hydrogen-bond donors (Lipinski definition) is 2. The number of thiocarbonyl (C=S) groups is 1. The molecule has 2 aromatic heterocycles. The van der Waals surface area contributed by atoms with Gasteiger partial charge in [-0.2, -0.15) is 0 Å². The number of para-hydroxylation sites is 1. The highest BCUT2D eigenvalue weighted by molar-refractivity contribution is 7.80. The van der Waals surface area contributed by atoms with Crippen molar-refractivity contribution in [3.05, 3.63) is 83.4 Å². The van der Waals surface area contributed by atoms with Crippen molar-refractivity contribution < 1.29 is 4.79 Å². The number of benzene rings is 1. The van der Waals surface area contributed by atoms with Crippen LogP contribution in [0.2, 0.25) is 0 Å². The highest BCUT2D eigenvalue weighted by atomic mass is 32.1. The topological polar surface area (TPSA) is 62.2 Å². The maximum atomic E-state index is 12.8. The summed E-state index contributed by atoms with van der Waals surface area (Å²) in [5, 5.41) is 6.91. The molecule has 1 fully saturated rings. The number of nitrogens with zero attached hydrogens (tertiary/aromatic N) is 3. The molecule has 2 atom stereocenters. The molecule has 0 bridgehead atoms. The molecule has 154 valence electrons. The zero-order valence-electron chi connectivity index (χ0n) is 17.3. The zero-order valence-corrected chi connectivity index (χ0v) is 18.1. The van der Waals surface area contributed by atoms with Crippen molar-refractivity contribution in [1.29, 1.82) is 0 Å². The molecule has 3 heterocycles. The van der Waals surface area contributed by atoms with Gasteiger partial charge in [-0.15, -0.1) is 0 Å². The predicted octanol–water partition coefficient (Wildman–Crippen LogP) is 3.65. The highest BCUT2D eigenvalue weighted by Crippen LogP contribution is 2.40. The van der Waals surface area contributed by atoms with E-state index in [0.717, 1.165) is 28.3 Å². The van der Waals surface area contributed by atoms with Crippen LogP contribution in [0.4, 0.5) is 5.69 Å². The number of nitrogens with one attached hydrogen (secondary N) is 2. The van der Waals surface area contributed by atoms with E-state index >= 15 is 0 Å². The molecule has 3 aromatic rings. The molecule has 0 spiro atoms. The summed E-state index contributed by atoms with van der Waals surface area (Å²) in [4.78, 5) is 19.4. The maximum absolute atomic E-state index is 12.8. The van der Waals surface area contributed by atoms with Crippen molar-refractivity contribution in [2.24, 2.45) is 7.05 Å². The fourth-order valence-electron chi connectivity index (χ4n) is 3.97. The summed E-state index contributed by atoms with van der Waals surface area (Å²) in [6.07, 6.45) is 1.78. The molecule has 6 nitrogen and oxygen atoms in total. The van der Waals surface area contributed by atoms with Gasteiger partial charge in [-0.3, -0.25) is 9.78 Å². The fraction of sp³-hybridized carbons (Fsp3) is 0.261. The van der Waals surface area contributed by atoms with Crippen LogP contribution < -0.4 is 10.6 Å². The van der Waals surface area contributed by atoms with Gasteiger partial charge in [0.05, 0.1) is 17.8 Å². The lowest BCUT2D eigenvalue weighted by molar-refractivity contribution is -0.116. The molecule has 1 aliphatic rings. The number of pyridine rings is 1. The van der Waals surface area contributed by atoms with Crippen LogP contribution in [0.3, 0.4) is 0 Å². The Hall–Kier alpha value is -3.19. The molecule has 1 aromatic carbocycles. The normalized spacial score (nSPS) is 18.4. The van der Waals surface area contributed by atoms with Crippen molar-refractivity contribution in [1.82, 2.24) is 19.8 Å². The summed E-state index contributed by atoms with van der Waals surface area (Å²) in [7, 11) is 2.05. The quantitative estimate of drug-likeness (QED) is 0.618. The van der Waals surface area contributed by atoms with E-state index in [4.69, 9.17) is 12.2 Å². The first-order valence-corrected chi connectivity index (χ1v) is 10.3. The van der Waals surface area contributed by atoms with E-state index in [-0.39, 0.29) is 24.5 Å². The Kier molecular flexibility index (Phi) is 5.55. The Morgan fingerprint density at radius 3 is 2.53 bits per heavy atom. The summed E-state index contributed by atoms with van der Waals surface area (Å²) < 4.78 is 2.16. The van der Waals surface area contributed by atoms with Crippen LogP contribution in [0.1, 0.15) is 34.7 Å². The van der Waals surface area contributed by atoms with Crippen molar-refractivity contribution in [3.8, 4) is 0 Å². The molecule has 2 unspecified atom stereocenters. The van der Waals surface area contributed by atoms with Gasteiger partial charge < -0.3 is 20.1 Å². The minimum atomic E-state index is -0.135. The summed E-state index contributed by atoms with van der Waals surface area (Å²) in [6.45, 7) is 4.34. The van der Waals surface area contributed by atoms with E-state index < -0.39 is 0 Å². The van der Waals surface area contributed by atoms with Gasteiger partial charge in [-0.05, 0) is 62.0 Å². The third-order valence-electron chi connectivity index (χ3n) is 5.70. The lowest BCUT2D eigenvalue weighted by Gasteiger charge is -2.27. The number of aromatic nitrogens is 2. The Morgan fingerprint density at radius 2 is 1.90 bits per heavy atom. The van der Waals surface area contributed by atoms with Gasteiger partial charge in [0.2, 0.25) is 5.91 Å². The first-order chi connectivity index (χ1) is 14.5. The number of hydrogen-bond acceptors (Lipinski definition) is 3. The molecule has 4 rings (SSSR count). The number of aryl methyl sites for hydroxylation is 1. The second kappa shape index (κ2) is 8.28. The van der Waals surface area contributed by atoms with Gasteiger partial charge in [0.15, 0.2) is 5.11 Å². The largest absolute Gasteiger partial charge is 0.352 e. The first-order valence-electron chi connectivity index (χ1n) is 9.91. The SMILES string of the molecule is Cc1cc(C2C(c3ccccn3)NC(=S)N2CC(=O)Nc2ccccc2)c(C)n1C. The first kappa shape index (κ1) is 20.1. The summed E-state index contributed by atoms with van der Waals surface area (Å²) in [5.74, 6) is -0.109. The van der Waals surface area contributed by atoms with Crippen LogP contribution in [0, 0.1) is 13.8 Å². The van der Waals surface area contributed by atoms with Crippen LogP contribution in [-0.4, -0.2) is 32.0 Å². The van der Waals surface area contributed by atoms with Gasteiger partial charge in [-0.1, -0.05) is 24.3 Å². The molecular formula is C23H25N5OS. The average molecular weight is 420 g/mol. The van der Waals surface area contributed by atoms with E-state index in [2.05, 4.69) is 47.1 Å². The molecule has 1 saturated heterocycles. The Balaban J connectivity index is 1.67. The molecule has 0 radical (unpaired) electrons. The lowest BCUT2D eigenvalue weighted by Crippen LogP contribution is -2.37. The number of carbonyl (C=O) groups excluding carboxylic acids is 1. The summed E-state index contributed by atoms with van der Waals surface area (Å²) in [6, 6.07) is 17.2. The van der Waals surface area contributed by atoms with Gasteiger partial charge in [0, 0.05) is 30.3 Å². The van der Waals surface area contributed by atoms with Crippen molar-refractivity contribution in [2.75, 3.05) is 11.9 Å². The molecule has 0 aliphatic carbocycles. The summed E-state index contributed by atoms with van der Waals surface area (Å²) in [5.41, 5.74) is 5.12. The van der Waals surface area contributed by atoms with Gasteiger partial charge in [-0.25, -0.2) is 0 Å². The van der Waals surface area contributed by atoms with E-state index in [1.165, 1.54) is 0 Å². The molecule has 0 saturated carbocycles. The second-order valence-electron chi connectivity index (χ2n) is 7.55.